The molecule has 0 aliphatic carbocycles. The van der Waals surface area contributed by atoms with Gasteiger partial charge in [0.15, 0.2) is 0 Å². The van der Waals surface area contributed by atoms with E-state index in [1.165, 1.54) is 38.5 Å². The van der Waals surface area contributed by atoms with Gasteiger partial charge in [-0.1, -0.05) is 78.1 Å². The average Bonchev–Trinajstić information content (AvgIpc) is 2.48. The van der Waals surface area contributed by atoms with Crippen LogP contribution in [0.15, 0.2) is 0 Å². The first kappa shape index (κ1) is 27.1. The number of unbranched alkanes of at least 4 members (excludes halogenated alkanes) is 8. The third kappa shape index (κ3) is 16.3. The Balaban J connectivity index is 0. The molecule has 0 aromatic rings. The zero-order valence-electron chi connectivity index (χ0n) is 16.1. The number of aliphatic hydroxyl groups excluding tert-OH is 1. The van der Waals surface area contributed by atoms with Crippen LogP contribution in [-0.4, -0.2) is 29.4 Å². The summed E-state index contributed by atoms with van der Waals surface area (Å²) in [5, 5.41) is 9.19. The Morgan fingerprint density at radius 2 is 1.21 bits per heavy atom. The van der Waals surface area contributed by atoms with Crippen molar-refractivity contribution in [1.29, 1.82) is 0 Å². The normalized spacial score (nSPS) is 14.2. The zero-order valence-corrected chi connectivity index (χ0v) is 19.0. The van der Waals surface area contributed by atoms with E-state index in [-0.39, 0.29) is 35.7 Å². The van der Waals surface area contributed by atoms with Crippen molar-refractivity contribution in [2.24, 2.45) is 0 Å². The van der Waals surface area contributed by atoms with E-state index in [2.05, 4.69) is 6.92 Å². The molecule has 0 amide bonds. The first-order valence-corrected chi connectivity index (χ1v) is 11.0. The number of aliphatic hydroxyl groups is 1. The minimum atomic E-state index is -4.14. The summed E-state index contributed by atoms with van der Waals surface area (Å²) in [5.74, 6) is 0. The molecule has 0 bridgehead atoms. The van der Waals surface area contributed by atoms with Gasteiger partial charge < -0.3 is 9.66 Å². The van der Waals surface area contributed by atoms with Gasteiger partial charge in [-0.05, 0) is 25.7 Å². The zero-order chi connectivity index (χ0) is 17.6. The van der Waals surface area contributed by atoms with Crippen molar-refractivity contribution in [2.75, 3.05) is 0 Å². The SMILES string of the molecule is CCCCCCCCCC(O)CCCCCC(CC)S(=O)(=O)[O-].[Na+]. The molecule has 0 rings (SSSR count). The summed E-state index contributed by atoms with van der Waals surface area (Å²) in [6.45, 7) is 3.96. The van der Waals surface area contributed by atoms with Gasteiger partial charge in [0.2, 0.25) is 0 Å². The van der Waals surface area contributed by atoms with Gasteiger partial charge in [-0.25, -0.2) is 8.42 Å². The Morgan fingerprint density at radius 1 is 0.792 bits per heavy atom. The Labute approximate surface area is 172 Å². The third-order valence-corrected chi connectivity index (χ3v) is 5.95. The van der Waals surface area contributed by atoms with Gasteiger partial charge in [0.05, 0.1) is 16.2 Å². The van der Waals surface area contributed by atoms with Crippen molar-refractivity contribution in [1.82, 2.24) is 0 Å². The fraction of sp³-hybridized carbons (Fsp3) is 1.00. The van der Waals surface area contributed by atoms with Gasteiger partial charge in [0.25, 0.3) is 0 Å². The van der Waals surface area contributed by atoms with Crippen LogP contribution in [0.3, 0.4) is 0 Å². The first-order valence-electron chi connectivity index (χ1n) is 9.54. The number of hydrogen-bond donors (Lipinski definition) is 1. The van der Waals surface area contributed by atoms with Crippen LogP contribution >= 0.6 is 0 Å². The summed E-state index contributed by atoms with van der Waals surface area (Å²) in [5.41, 5.74) is 0. The third-order valence-electron chi connectivity index (χ3n) is 4.57. The van der Waals surface area contributed by atoms with E-state index in [1.54, 1.807) is 6.92 Å². The van der Waals surface area contributed by atoms with Crippen molar-refractivity contribution in [2.45, 2.75) is 115 Å². The van der Waals surface area contributed by atoms with Crippen LogP contribution in [0.2, 0.25) is 0 Å². The smallest absolute Gasteiger partial charge is 0.748 e. The van der Waals surface area contributed by atoms with Gasteiger partial charge in [-0.3, -0.25) is 0 Å². The second-order valence-corrected chi connectivity index (χ2v) is 8.38. The molecule has 0 saturated heterocycles. The van der Waals surface area contributed by atoms with Gasteiger partial charge in [0.1, 0.15) is 0 Å². The predicted molar refractivity (Wildman–Crippen MR) is 95.5 cm³/mol. The minimum Gasteiger partial charge on any atom is -0.748 e. The van der Waals surface area contributed by atoms with E-state index in [1.807, 2.05) is 0 Å². The molecule has 0 saturated carbocycles. The van der Waals surface area contributed by atoms with Gasteiger partial charge in [0, 0.05) is 5.25 Å². The van der Waals surface area contributed by atoms with Crippen molar-refractivity contribution in [3.05, 3.63) is 0 Å². The molecule has 0 spiro atoms. The summed E-state index contributed by atoms with van der Waals surface area (Å²) in [6, 6.07) is 0. The summed E-state index contributed by atoms with van der Waals surface area (Å²) in [6.07, 6.45) is 13.7. The first-order chi connectivity index (χ1) is 10.9. The standard InChI is InChI=1S/C18H38O4S.Na/c1-3-5-6-7-8-9-11-14-17(19)15-12-10-13-16-18(4-2)23(20,21)22;/h17-19H,3-16H2,1-2H3,(H,20,21,22);/q;+1/p-1. The van der Waals surface area contributed by atoms with Crippen LogP contribution in [0.5, 0.6) is 0 Å². The maximum atomic E-state index is 11.0. The van der Waals surface area contributed by atoms with Crippen LogP contribution in [0, 0.1) is 0 Å². The topological polar surface area (TPSA) is 77.4 Å². The molecule has 140 valence electrons. The van der Waals surface area contributed by atoms with E-state index in [0.29, 0.717) is 12.8 Å². The van der Waals surface area contributed by atoms with E-state index in [0.717, 1.165) is 38.5 Å². The molecule has 0 heterocycles. The molecule has 0 aliphatic rings. The van der Waals surface area contributed by atoms with Gasteiger partial charge >= 0.3 is 29.6 Å². The average molecular weight is 373 g/mol. The molecule has 4 nitrogen and oxygen atoms in total. The molecule has 2 unspecified atom stereocenters. The molecule has 0 aromatic carbocycles. The number of rotatable bonds is 16. The predicted octanol–water partition coefficient (Wildman–Crippen LogP) is 1.77. The van der Waals surface area contributed by atoms with Gasteiger partial charge in [-0.15, -0.1) is 0 Å². The molecule has 1 N–H and O–H groups in total. The molecule has 6 heteroatoms. The summed E-state index contributed by atoms with van der Waals surface area (Å²) in [4.78, 5) is 0. The van der Waals surface area contributed by atoms with E-state index < -0.39 is 15.4 Å². The molecule has 24 heavy (non-hydrogen) atoms. The van der Waals surface area contributed by atoms with E-state index >= 15 is 0 Å². The van der Waals surface area contributed by atoms with Crippen LogP contribution in [0.1, 0.15) is 104 Å². The molecule has 0 fully saturated rings. The molecule has 0 radical (unpaired) electrons. The quantitative estimate of drug-likeness (QED) is 0.254. The Morgan fingerprint density at radius 3 is 1.67 bits per heavy atom. The van der Waals surface area contributed by atoms with Gasteiger partial charge in [-0.2, -0.15) is 0 Å². The summed E-state index contributed by atoms with van der Waals surface area (Å²) < 4.78 is 32.9. The van der Waals surface area contributed by atoms with Crippen LogP contribution in [-0.2, 0) is 10.1 Å². The van der Waals surface area contributed by atoms with Crippen molar-refractivity contribution in [3.63, 3.8) is 0 Å². The minimum absolute atomic E-state index is 0. The van der Waals surface area contributed by atoms with Crippen LogP contribution in [0.4, 0.5) is 0 Å². The molecular formula is C18H37NaO4S. The van der Waals surface area contributed by atoms with E-state index in [4.69, 9.17) is 0 Å². The molecular weight excluding hydrogens is 335 g/mol. The second kappa shape index (κ2) is 17.3. The van der Waals surface area contributed by atoms with E-state index in [9.17, 15) is 18.1 Å². The molecule has 2 atom stereocenters. The Bertz CT molecular complexity index is 360. The summed E-state index contributed by atoms with van der Waals surface area (Å²) >= 11 is 0. The van der Waals surface area contributed by atoms with Crippen molar-refractivity contribution in [3.8, 4) is 0 Å². The Kier molecular flexibility index (Phi) is 19.5. The largest absolute Gasteiger partial charge is 1.00 e. The van der Waals surface area contributed by atoms with Crippen molar-refractivity contribution < 1.29 is 47.6 Å². The molecule has 0 aliphatic heterocycles. The maximum Gasteiger partial charge on any atom is 1.00 e. The van der Waals surface area contributed by atoms with Crippen LogP contribution < -0.4 is 29.6 Å². The Hall–Kier alpha value is 0.870. The number of hydrogen-bond acceptors (Lipinski definition) is 4. The monoisotopic (exact) mass is 372 g/mol. The van der Waals surface area contributed by atoms with Crippen molar-refractivity contribution >= 4 is 10.1 Å². The fourth-order valence-electron chi connectivity index (χ4n) is 2.96. The fourth-order valence-corrected chi connectivity index (χ4v) is 3.83. The summed E-state index contributed by atoms with van der Waals surface area (Å²) in [7, 11) is -4.14. The maximum absolute atomic E-state index is 11.0. The molecule has 0 aromatic heterocycles. The second-order valence-electron chi connectivity index (χ2n) is 6.72. The van der Waals surface area contributed by atoms with Crippen LogP contribution in [0.25, 0.3) is 0 Å².